The molecule has 1 unspecified atom stereocenters. The molecule has 2 aromatic heterocycles. The molecule has 8 heteroatoms. The van der Waals surface area contributed by atoms with Crippen molar-refractivity contribution in [1.82, 2.24) is 19.8 Å². The lowest BCUT2D eigenvalue weighted by atomic mass is 10.0. The fourth-order valence-corrected chi connectivity index (χ4v) is 6.29. The third-order valence-electron chi connectivity index (χ3n) is 7.68. The summed E-state index contributed by atoms with van der Waals surface area (Å²) < 4.78 is 8.19. The maximum Gasteiger partial charge on any atom is 0.252 e. The second kappa shape index (κ2) is 13.6. The van der Waals surface area contributed by atoms with Gasteiger partial charge in [-0.2, -0.15) is 0 Å². The molecule has 3 aromatic rings. The molecule has 39 heavy (non-hydrogen) atoms. The van der Waals surface area contributed by atoms with Gasteiger partial charge in [0.05, 0.1) is 17.1 Å². The van der Waals surface area contributed by atoms with Gasteiger partial charge in [-0.3, -0.25) is 9.59 Å². The Kier molecular flexibility index (Phi) is 10.2. The van der Waals surface area contributed by atoms with Crippen molar-refractivity contribution < 1.29 is 14.3 Å². The average molecular weight is 553 g/mol. The lowest BCUT2D eigenvalue weighted by molar-refractivity contribution is -0.134. The van der Waals surface area contributed by atoms with Gasteiger partial charge in [0.15, 0.2) is 0 Å². The Bertz CT molecular complexity index is 1230. The molecule has 0 spiro atoms. The van der Waals surface area contributed by atoms with E-state index in [4.69, 9.17) is 9.72 Å². The van der Waals surface area contributed by atoms with Gasteiger partial charge in [0.1, 0.15) is 11.9 Å². The summed E-state index contributed by atoms with van der Waals surface area (Å²) in [4.78, 5) is 34.9. The van der Waals surface area contributed by atoms with Crippen molar-refractivity contribution in [3.63, 3.8) is 0 Å². The SMILES string of the molecule is CCC(CC)n1c(Cc2cccs2)nc2cc(C(=O)N[C@@H](CC(C)C)C(=O)N(C)CC3CCCCO3)ccc21. The summed E-state index contributed by atoms with van der Waals surface area (Å²) in [5.74, 6) is 0.980. The monoisotopic (exact) mass is 552 g/mol. The number of nitrogens with one attached hydrogen (secondary N) is 1. The number of benzene rings is 1. The summed E-state index contributed by atoms with van der Waals surface area (Å²) in [7, 11) is 1.81. The quantitative estimate of drug-likeness (QED) is 0.289. The predicted molar refractivity (Wildman–Crippen MR) is 158 cm³/mol. The number of ether oxygens (including phenoxy) is 1. The van der Waals surface area contributed by atoms with Gasteiger partial charge in [0.25, 0.3) is 5.91 Å². The number of aromatic nitrogens is 2. The van der Waals surface area contributed by atoms with Crippen LogP contribution in [-0.2, 0) is 16.0 Å². The van der Waals surface area contributed by atoms with E-state index in [0.717, 1.165) is 62.0 Å². The second-order valence-electron chi connectivity index (χ2n) is 11.2. The Morgan fingerprint density at radius 1 is 1.21 bits per heavy atom. The molecule has 212 valence electrons. The van der Waals surface area contributed by atoms with Crippen LogP contribution in [0.15, 0.2) is 35.7 Å². The molecule has 2 atom stereocenters. The lowest BCUT2D eigenvalue weighted by Crippen LogP contribution is -2.50. The van der Waals surface area contributed by atoms with Gasteiger partial charge in [-0.15, -0.1) is 11.3 Å². The largest absolute Gasteiger partial charge is 0.376 e. The Morgan fingerprint density at radius 2 is 2.00 bits per heavy atom. The minimum absolute atomic E-state index is 0.0662. The van der Waals surface area contributed by atoms with E-state index in [2.05, 4.69) is 55.1 Å². The van der Waals surface area contributed by atoms with Gasteiger partial charge >= 0.3 is 0 Å². The molecule has 1 N–H and O–H groups in total. The topological polar surface area (TPSA) is 76.5 Å². The summed E-state index contributed by atoms with van der Waals surface area (Å²) in [6.07, 6.45) is 6.62. The van der Waals surface area contributed by atoms with E-state index in [1.54, 1.807) is 16.2 Å². The molecule has 2 amide bonds. The van der Waals surface area contributed by atoms with Crippen LogP contribution in [0.1, 0.15) is 93.3 Å². The number of thiophene rings is 1. The Balaban J connectivity index is 1.55. The number of rotatable bonds is 12. The number of hydrogen-bond acceptors (Lipinski definition) is 5. The molecule has 1 aromatic carbocycles. The highest BCUT2D eigenvalue weighted by Gasteiger charge is 2.28. The van der Waals surface area contributed by atoms with Crippen LogP contribution in [-0.4, -0.2) is 58.6 Å². The zero-order chi connectivity index (χ0) is 27.9. The molecule has 3 heterocycles. The van der Waals surface area contributed by atoms with Crippen LogP contribution in [0.3, 0.4) is 0 Å². The number of hydrogen-bond donors (Lipinski definition) is 1. The first-order valence-corrected chi connectivity index (χ1v) is 15.4. The van der Waals surface area contributed by atoms with Gasteiger partial charge in [-0.1, -0.05) is 33.8 Å². The van der Waals surface area contributed by atoms with Crippen molar-refractivity contribution in [2.45, 2.75) is 90.8 Å². The van der Waals surface area contributed by atoms with Crippen molar-refractivity contribution in [2.75, 3.05) is 20.2 Å². The number of nitrogens with zero attached hydrogens (tertiary/aromatic N) is 3. The average Bonchev–Trinajstić information content (AvgIpc) is 3.56. The van der Waals surface area contributed by atoms with Crippen LogP contribution >= 0.6 is 11.3 Å². The van der Waals surface area contributed by atoms with Crippen molar-refractivity contribution in [3.05, 3.63) is 52.0 Å². The smallest absolute Gasteiger partial charge is 0.252 e. The Morgan fingerprint density at radius 3 is 2.64 bits per heavy atom. The van der Waals surface area contributed by atoms with E-state index in [-0.39, 0.29) is 23.8 Å². The molecular weight excluding hydrogens is 508 g/mol. The van der Waals surface area contributed by atoms with E-state index in [0.29, 0.717) is 24.6 Å². The first-order valence-electron chi connectivity index (χ1n) is 14.5. The minimum Gasteiger partial charge on any atom is -0.376 e. The van der Waals surface area contributed by atoms with Gasteiger partial charge in [0, 0.05) is 43.1 Å². The van der Waals surface area contributed by atoms with E-state index in [9.17, 15) is 9.59 Å². The maximum absolute atomic E-state index is 13.5. The van der Waals surface area contributed by atoms with Gasteiger partial charge in [-0.25, -0.2) is 4.98 Å². The van der Waals surface area contributed by atoms with Gasteiger partial charge < -0.3 is 19.5 Å². The van der Waals surface area contributed by atoms with E-state index < -0.39 is 6.04 Å². The molecule has 4 rings (SSSR count). The molecule has 1 saturated heterocycles. The number of likely N-dealkylation sites (N-methyl/N-ethyl adjacent to an activating group) is 1. The van der Waals surface area contributed by atoms with E-state index >= 15 is 0 Å². The molecule has 1 fully saturated rings. The molecule has 1 aliphatic rings. The molecule has 0 bridgehead atoms. The summed E-state index contributed by atoms with van der Waals surface area (Å²) in [5.41, 5.74) is 2.40. The minimum atomic E-state index is -0.585. The van der Waals surface area contributed by atoms with E-state index in [1.807, 2.05) is 25.2 Å². The predicted octanol–water partition coefficient (Wildman–Crippen LogP) is 6.22. The summed E-state index contributed by atoms with van der Waals surface area (Å²) in [6, 6.07) is 9.73. The third-order valence-corrected chi connectivity index (χ3v) is 8.56. The molecule has 0 aliphatic carbocycles. The summed E-state index contributed by atoms with van der Waals surface area (Å²) >= 11 is 1.74. The van der Waals surface area contributed by atoms with Gasteiger partial charge in [-0.05, 0) is 74.1 Å². The highest BCUT2D eigenvalue weighted by atomic mass is 32.1. The van der Waals surface area contributed by atoms with Crippen LogP contribution in [0.2, 0.25) is 0 Å². The van der Waals surface area contributed by atoms with E-state index in [1.165, 1.54) is 4.88 Å². The highest BCUT2D eigenvalue weighted by molar-refractivity contribution is 7.09. The zero-order valence-electron chi connectivity index (χ0n) is 24.1. The number of imidazole rings is 1. The van der Waals surface area contributed by atoms with Crippen LogP contribution < -0.4 is 5.32 Å². The highest BCUT2D eigenvalue weighted by Crippen LogP contribution is 2.28. The molecular formula is C31H44N4O3S. The third kappa shape index (κ3) is 7.28. The first kappa shape index (κ1) is 29.3. The second-order valence-corrected chi connectivity index (χ2v) is 12.2. The number of carbonyl (C=O) groups excluding carboxylic acids is 2. The first-order chi connectivity index (χ1) is 18.8. The van der Waals surface area contributed by atoms with Crippen LogP contribution in [0.25, 0.3) is 11.0 Å². The fourth-order valence-electron chi connectivity index (χ4n) is 5.59. The van der Waals surface area contributed by atoms with Crippen molar-refractivity contribution in [2.24, 2.45) is 5.92 Å². The summed E-state index contributed by atoms with van der Waals surface area (Å²) in [6.45, 7) is 9.87. The maximum atomic E-state index is 13.5. The number of fused-ring (bicyclic) bond motifs is 1. The molecule has 7 nitrogen and oxygen atoms in total. The zero-order valence-corrected chi connectivity index (χ0v) is 24.9. The molecule has 0 saturated carbocycles. The van der Waals surface area contributed by atoms with Crippen LogP contribution in [0.5, 0.6) is 0 Å². The lowest BCUT2D eigenvalue weighted by Gasteiger charge is -2.30. The van der Waals surface area contributed by atoms with Gasteiger partial charge in [0.2, 0.25) is 5.91 Å². The Hall–Kier alpha value is -2.71. The standard InChI is InChI=1S/C31H44N4O3S/c1-6-23(7-2)35-28-14-13-22(18-26(28)32-29(35)19-25-12-10-16-39-25)30(36)33-27(17-21(3)4)31(37)34(5)20-24-11-8-9-15-38-24/h10,12-14,16,18,21,23-24,27H,6-9,11,15,17,19-20H2,1-5H3,(H,33,36)/t24?,27-/m0/s1. The normalized spacial score (nSPS) is 16.6. The van der Waals surface area contributed by atoms with Crippen molar-refractivity contribution in [3.8, 4) is 0 Å². The Labute approximate surface area is 236 Å². The molecule has 1 aliphatic heterocycles. The van der Waals surface area contributed by atoms with Crippen LogP contribution in [0.4, 0.5) is 0 Å². The number of carbonyl (C=O) groups is 2. The van der Waals surface area contributed by atoms with Crippen molar-refractivity contribution in [1.29, 1.82) is 0 Å². The van der Waals surface area contributed by atoms with Crippen molar-refractivity contribution >= 4 is 34.2 Å². The summed E-state index contributed by atoms with van der Waals surface area (Å²) in [5, 5.41) is 5.14. The fraction of sp³-hybridized carbons (Fsp3) is 0.581. The number of amides is 2. The molecule has 0 radical (unpaired) electrons. The van der Waals surface area contributed by atoms with Crippen LogP contribution in [0, 0.1) is 5.92 Å².